The van der Waals surface area contributed by atoms with Gasteiger partial charge in [0.2, 0.25) is 11.8 Å². The van der Waals surface area contributed by atoms with Crippen molar-refractivity contribution in [3.05, 3.63) is 113 Å². The summed E-state index contributed by atoms with van der Waals surface area (Å²) < 4.78 is 5.41. The van der Waals surface area contributed by atoms with Crippen LogP contribution in [-0.4, -0.2) is 84.7 Å². The lowest BCUT2D eigenvalue weighted by molar-refractivity contribution is -0.137. The molecule has 49 heavy (non-hydrogen) atoms. The number of benzene rings is 3. The van der Waals surface area contributed by atoms with Gasteiger partial charge in [-0.1, -0.05) is 74.5 Å². The van der Waals surface area contributed by atoms with Gasteiger partial charge < -0.3 is 30.1 Å². The lowest BCUT2D eigenvalue weighted by Crippen LogP contribution is -2.52. The van der Waals surface area contributed by atoms with Gasteiger partial charge in [-0.2, -0.15) is 0 Å². The predicted molar refractivity (Wildman–Crippen MR) is 185 cm³/mol. The van der Waals surface area contributed by atoms with Crippen molar-refractivity contribution in [3.8, 4) is 0 Å². The van der Waals surface area contributed by atoms with E-state index in [1.54, 1.807) is 18.2 Å². The maximum absolute atomic E-state index is 14.1. The molecule has 0 saturated carbocycles. The number of alkyl carbamates (subject to hydrolysis) is 1. The van der Waals surface area contributed by atoms with Gasteiger partial charge >= 0.3 is 6.09 Å². The normalized spacial score (nSPS) is 16.5. The van der Waals surface area contributed by atoms with Crippen LogP contribution in [0.3, 0.4) is 0 Å². The monoisotopic (exact) mass is 665 g/mol. The van der Waals surface area contributed by atoms with E-state index in [9.17, 15) is 24.0 Å². The maximum Gasteiger partial charge on any atom is 0.408 e. The minimum Gasteiger partial charge on any atom is -0.445 e. The number of hydrogen-bond acceptors (Lipinski definition) is 7. The van der Waals surface area contributed by atoms with Crippen molar-refractivity contribution in [2.45, 2.75) is 51.4 Å². The summed E-state index contributed by atoms with van der Waals surface area (Å²) in [5.74, 6) is -1.51. The first kappa shape index (κ1) is 34.9. The van der Waals surface area contributed by atoms with Crippen molar-refractivity contribution in [1.82, 2.24) is 20.4 Å². The Bertz CT molecular complexity index is 1690. The minimum atomic E-state index is -1.03. The molecule has 2 aliphatic rings. The standard InChI is InChI=1S/C38H43N5O6/c1-25(2)21-30(39-35(45)28-15-17-29(18-16-28)41(3)4)36(46)42-20-19-32-34(42)33(44)23-43(32)37(47)31(22-26-11-7-5-8-12-26)40-38(48)49-24-27-13-9-6-10-14-27/h5-19,25,30-31,34H,20-24H2,1-4H3,(H,39,45)(H,40,48)/t30-,31-,34?/m0/s1. The number of carbonyl (C=O) groups excluding carboxylic acids is 5. The summed E-state index contributed by atoms with van der Waals surface area (Å²) in [6.07, 6.45) is 1.47. The largest absolute Gasteiger partial charge is 0.445 e. The number of ether oxygens (including phenoxy) is 1. The third-order valence-electron chi connectivity index (χ3n) is 8.61. The van der Waals surface area contributed by atoms with Crippen LogP contribution >= 0.6 is 0 Å². The fourth-order valence-electron chi connectivity index (χ4n) is 6.11. The van der Waals surface area contributed by atoms with Gasteiger partial charge in [-0.15, -0.1) is 0 Å². The van der Waals surface area contributed by atoms with Crippen molar-refractivity contribution in [3.63, 3.8) is 0 Å². The molecule has 0 radical (unpaired) electrons. The molecule has 1 unspecified atom stereocenters. The highest BCUT2D eigenvalue weighted by molar-refractivity contribution is 6.03. The number of carbonyl (C=O) groups is 5. The van der Waals surface area contributed by atoms with E-state index in [0.717, 1.165) is 16.8 Å². The van der Waals surface area contributed by atoms with E-state index in [0.29, 0.717) is 17.7 Å². The van der Waals surface area contributed by atoms with Crippen LogP contribution in [0.25, 0.3) is 0 Å². The Morgan fingerprint density at radius 1 is 0.837 bits per heavy atom. The number of nitrogens with one attached hydrogen (secondary N) is 2. The van der Waals surface area contributed by atoms with Crippen LogP contribution in [0.1, 0.15) is 41.8 Å². The fourth-order valence-corrected chi connectivity index (χ4v) is 6.11. The highest BCUT2D eigenvalue weighted by atomic mass is 16.5. The maximum atomic E-state index is 14.1. The van der Waals surface area contributed by atoms with Crippen molar-refractivity contribution in [2.24, 2.45) is 5.92 Å². The van der Waals surface area contributed by atoms with Gasteiger partial charge in [-0.3, -0.25) is 19.2 Å². The van der Waals surface area contributed by atoms with Crippen molar-refractivity contribution in [1.29, 1.82) is 0 Å². The van der Waals surface area contributed by atoms with Crippen molar-refractivity contribution < 1.29 is 28.7 Å². The molecule has 0 bridgehead atoms. The first-order chi connectivity index (χ1) is 23.5. The number of likely N-dealkylation sites (tertiary alicyclic amines) is 1. The zero-order valence-electron chi connectivity index (χ0n) is 28.3. The molecule has 3 atom stereocenters. The molecular weight excluding hydrogens is 622 g/mol. The first-order valence-corrected chi connectivity index (χ1v) is 16.5. The molecule has 3 aromatic rings. The molecule has 5 rings (SSSR count). The Balaban J connectivity index is 1.30. The Morgan fingerprint density at radius 3 is 2.08 bits per heavy atom. The molecule has 4 amide bonds. The molecule has 11 heteroatoms. The average Bonchev–Trinajstić information content (AvgIpc) is 3.68. The molecule has 1 fully saturated rings. The molecule has 256 valence electrons. The Morgan fingerprint density at radius 2 is 1.47 bits per heavy atom. The highest BCUT2D eigenvalue weighted by Crippen LogP contribution is 2.31. The van der Waals surface area contributed by atoms with Gasteiger partial charge in [-0.25, -0.2) is 4.79 Å². The summed E-state index contributed by atoms with van der Waals surface area (Å²) >= 11 is 0. The van der Waals surface area contributed by atoms with E-state index in [-0.39, 0.29) is 43.7 Å². The van der Waals surface area contributed by atoms with E-state index in [1.807, 2.05) is 106 Å². The van der Waals surface area contributed by atoms with Crippen LogP contribution in [0, 0.1) is 5.92 Å². The first-order valence-electron chi connectivity index (χ1n) is 16.5. The molecule has 0 spiro atoms. The molecule has 2 heterocycles. The molecule has 11 nitrogen and oxygen atoms in total. The van der Waals surface area contributed by atoms with Gasteiger partial charge in [0.1, 0.15) is 24.7 Å². The van der Waals surface area contributed by atoms with Crippen LogP contribution in [0.15, 0.2) is 96.7 Å². The zero-order valence-corrected chi connectivity index (χ0v) is 28.3. The third-order valence-corrected chi connectivity index (χ3v) is 8.61. The minimum absolute atomic E-state index is 0.0287. The summed E-state index contributed by atoms with van der Waals surface area (Å²) in [5, 5.41) is 5.60. The number of rotatable bonds is 12. The summed E-state index contributed by atoms with van der Waals surface area (Å²) in [5.41, 5.74) is 3.36. The number of hydrogen-bond donors (Lipinski definition) is 2. The van der Waals surface area contributed by atoms with Crippen LogP contribution in [0.5, 0.6) is 0 Å². The van der Waals surface area contributed by atoms with Crippen molar-refractivity contribution >= 4 is 35.3 Å². The number of amides is 4. The van der Waals surface area contributed by atoms with Crippen LogP contribution < -0.4 is 15.5 Å². The van der Waals surface area contributed by atoms with E-state index < -0.39 is 36.0 Å². The molecule has 0 aliphatic carbocycles. The van der Waals surface area contributed by atoms with E-state index in [2.05, 4.69) is 10.6 Å². The molecule has 0 aromatic heterocycles. The second-order valence-electron chi connectivity index (χ2n) is 13.0. The van der Waals surface area contributed by atoms with Crippen LogP contribution in [0.2, 0.25) is 0 Å². The molecular formula is C38H43N5O6. The van der Waals surface area contributed by atoms with Gasteiger partial charge in [0.05, 0.1) is 6.54 Å². The topological polar surface area (TPSA) is 128 Å². The lowest BCUT2D eigenvalue weighted by atomic mass is 10.0. The number of nitrogens with zero attached hydrogens (tertiary/aromatic N) is 3. The quantitative estimate of drug-likeness (QED) is 0.300. The highest BCUT2D eigenvalue weighted by Gasteiger charge is 2.49. The Kier molecular flexibility index (Phi) is 11.1. The molecule has 1 saturated heterocycles. The smallest absolute Gasteiger partial charge is 0.408 e. The number of anilines is 1. The third kappa shape index (κ3) is 8.53. The lowest BCUT2D eigenvalue weighted by Gasteiger charge is -2.29. The summed E-state index contributed by atoms with van der Waals surface area (Å²) in [7, 11) is 3.82. The van der Waals surface area contributed by atoms with Gasteiger partial charge in [-0.05, 0) is 53.8 Å². The Hall–Kier alpha value is -5.45. The zero-order chi connectivity index (χ0) is 35.1. The summed E-state index contributed by atoms with van der Waals surface area (Å²) in [4.78, 5) is 72.4. The van der Waals surface area contributed by atoms with E-state index in [1.165, 1.54) is 9.80 Å². The molecule has 2 N–H and O–H groups in total. The van der Waals surface area contributed by atoms with Gasteiger partial charge in [0, 0.05) is 44.0 Å². The van der Waals surface area contributed by atoms with E-state index >= 15 is 0 Å². The number of ketones is 1. The summed E-state index contributed by atoms with van der Waals surface area (Å²) in [6, 6.07) is 22.6. The number of Topliss-reactive ketones (excluding diaryl/α,β-unsaturated/α-hetero) is 1. The van der Waals surface area contributed by atoms with Crippen LogP contribution in [0.4, 0.5) is 10.5 Å². The van der Waals surface area contributed by atoms with Crippen molar-refractivity contribution in [2.75, 3.05) is 32.1 Å². The summed E-state index contributed by atoms with van der Waals surface area (Å²) in [6.45, 7) is 3.80. The molecule has 3 aromatic carbocycles. The Labute approximate surface area is 286 Å². The second kappa shape index (κ2) is 15.6. The van der Waals surface area contributed by atoms with Crippen LogP contribution in [-0.2, 0) is 32.1 Å². The number of fused-ring (bicyclic) bond motifs is 1. The average molecular weight is 666 g/mol. The second-order valence-corrected chi connectivity index (χ2v) is 13.0. The fraction of sp³-hybridized carbons (Fsp3) is 0.342. The van der Waals surface area contributed by atoms with E-state index in [4.69, 9.17) is 4.74 Å². The molecule has 2 aliphatic heterocycles. The predicted octanol–water partition coefficient (Wildman–Crippen LogP) is 3.94. The SMILES string of the molecule is CC(C)C[C@H](NC(=O)c1ccc(N(C)C)cc1)C(=O)N1CC=C2C1C(=O)CN2C(=O)[C@H](Cc1ccccc1)NC(=O)OCc1ccccc1. The van der Waals surface area contributed by atoms with Gasteiger partial charge in [0.25, 0.3) is 5.91 Å². The van der Waals surface area contributed by atoms with Gasteiger partial charge in [0.15, 0.2) is 5.78 Å².